The van der Waals surface area contributed by atoms with Crippen LogP contribution in [0, 0.1) is 11.3 Å². The van der Waals surface area contributed by atoms with Crippen molar-refractivity contribution in [2.45, 2.75) is 19.4 Å². The third-order valence-corrected chi connectivity index (χ3v) is 3.44. The third-order valence-electron chi connectivity index (χ3n) is 3.44. The Hall–Kier alpha value is -1.86. The van der Waals surface area contributed by atoms with E-state index in [2.05, 4.69) is 6.07 Å². The van der Waals surface area contributed by atoms with E-state index < -0.39 is 0 Å². The number of carbonyl (C=O) groups excluding carboxylic acids is 1. The first-order valence-corrected chi connectivity index (χ1v) is 6.65. The van der Waals surface area contributed by atoms with E-state index >= 15 is 0 Å². The van der Waals surface area contributed by atoms with Crippen LogP contribution in [0.3, 0.4) is 0 Å². The molecule has 0 unspecified atom stereocenters. The van der Waals surface area contributed by atoms with E-state index in [0.29, 0.717) is 18.7 Å². The molecular formula is C15H19N3O. The normalized spacial score (nSPS) is 14.7. The van der Waals surface area contributed by atoms with Gasteiger partial charge in [0, 0.05) is 19.6 Å². The van der Waals surface area contributed by atoms with Gasteiger partial charge in [0.2, 0.25) is 5.91 Å². The SMILES string of the molecule is CN(CC(=O)N1CCCC1)Cc1ccccc1C#N. The molecule has 1 aromatic carbocycles. The molecule has 4 nitrogen and oxygen atoms in total. The monoisotopic (exact) mass is 257 g/mol. The Balaban J connectivity index is 1.92. The van der Waals surface area contributed by atoms with Gasteiger partial charge in [-0.2, -0.15) is 5.26 Å². The second kappa shape index (κ2) is 6.35. The van der Waals surface area contributed by atoms with Gasteiger partial charge in [-0.1, -0.05) is 18.2 Å². The lowest BCUT2D eigenvalue weighted by atomic mass is 10.1. The van der Waals surface area contributed by atoms with Crippen molar-refractivity contribution in [3.05, 3.63) is 35.4 Å². The van der Waals surface area contributed by atoms with Crippen LogP contribution in [0.1, 0.15) is 24.0 Å². The fraction of sp³-hybridized carbons (Fsp3) is 0.467. The molecule has 0 saturated carbocycles. The van der Waals surface area contributed by atoms with Gasteiger partial charge in [0.05, 0.1) is 18.2 Å². The van der Waals surface area contributed by atoms with Gasteiger partial charge in [0.1, 0.15) is 0 Å². The maximum Gasteiger partial charge on any atom is 0.236 e. The fourth-order valence-electron chi connectivity index (χ4n) is 2.41. The maximum atomic E-state index is 12.0. The Labute approximate surface area is 114 Å². The van der Waals surface area contributed by atoms with E-state index in [1.54, 1.807) is 0 Å². The molecule has 0 bridgehead atoms. The van der Waals surface area contributed by atoms with Crippen molar-refractivity contribution >= 4 is 5.91 Å². The largest absolute Gasteiger partial charge is 0.342 e. The molecule has 1 fully saturated rings. The molecule has 1 aliphatic rings. The molecule has 0 aromatic heterocycles. The minimum absolute atomic E-state index is 0.189. The minimum Gasteiger partial charge on any atom is -0.342 e. The summed E-state index contributed by atoms with van der Waals surface area (Å²) < 4.78 is 0. The molecule has 100 valence electrons. The Morgan fingerprint density at radius 1 is 1.37 bits per heavy atom. The molecule has 1 heterocycles. The van der Waals surface area contributed by atoms with Crippen LogP contribution in [0.15, 0.2) is 24.3 Å². The average Bonchev–Trinajstić information content (AvgIpc) is 2.93. The highest BCUT2D eigenvalue weighted by atomic mass is 16.2. The van der Waals surface area contributed by atoms with Crippen molar-refractivity contribution in [3.8, 4) is 6.07 Å². The molecule has 0 spiro atoms. The van der Waals surface area contributed by atoms with Crippen LogP contribution in [0.25, 0.3) is 0 Å². The summed E-state index contributed by atoms with van der Waals surface area (Å²) in [5, 5.41) is 9.04. The molecule has 0 radical (unpaired) electrons. The number of benzene rings is 1. The lowest BCUT2D eigenvalue weighted by Crippen LogP contribution is -2.37. The van der Waals surface area contributed by atoms with E-state index in [-0.39, 0.29) is 5.91 Å². The Kier molecular flexibility index (Phi) is 4.53. The van der Waals surface area contributed by atoms with Gasteiger partial charge in [-0.3, -0.25) is 9.69 Å². The number of rotatable bonds is 4. The minimum atomic E-state index is 0.189. The quantitative estimate of drug-likeness (QED) is 0.823. The summed E-state index contributed by atoms with van der Waals surface area (Å²) in [7, 11) is 1.92. The molecule has 0 aliphatic carbocycles. The first-order chi connectivity index (χ1) is 9.20. The van der Waals surface area contributed by atoms with Crippen molar-refractivity contribution < 1.29 is 4.79 Å². The van der Waals surface area contributed by atoms with Gasteiger partial charge in [-0.15, -0.1) is 0 Å². The molecule has 0 atom stereocenters. The van der Waals surface area contributed by atoms with E-state index in [0.717, 1.165) is 31.5 Å². The molecule has 1 aromatic rings. The zero-order valence-corrected chi connectivity index (χ0v) is 11.3. The molecular weight excluding hydrogens is 238 g/mol. The maximum absolute atomic E-state index is 12.0. The van der Waals surface area contributed by atoms with E-state index in [1.807, 2.05) is 41.1 Å². The van der Waals surface area contributed by atoms with Crippen molar-refractivity contribution in [1.29, 1.82) is 5.26 Å². The molecule has 4 heteroatoms. The van der Waals surface area contributed by atoms with Crippen LogP contribution in [0.5, 0.6) is 0 Å². The first kappa shape index (κ1) is 13.6. The van der Waals surface area contributed by atoms with Gasteiger partial charge in [0.15, 0.2) is 0 Å². The zero-order chi connectivity index (χ0) is 13.7. The van der Waals surface area contributed by atoms with Gasteiger partial charge in [-0.05, 0) is 31.5 Å². The van der Waals surface area contributed by atoms with Crippen LogP contribution in [-0.2, 0) is 11.3 Å². The summed E-state index contributed by atoms with van der Waals surface area (Å²) in [5.74, 6) is 0.189. The third kappa shape index (κ3) is 3.55. The van der Waals surface area contributed by atoms with Crippen LogP contribution >= 0.6 is 0 Å². The number of likely N-dealkylation sites (tertiary alicyclic amines) is 1. The van der Waals surface area contributed by atoms with E-state index in [1.165, 1.54) is 0 Å². The van der Waals surface area contributed by atoms with E-state index in [9.17, 15) is 4.79 Å². The standard InChI is InChI=1S/C15H19N3O/c1-17(12-15(19)18-8-4-5-9-18)11-14-7-3-2-6-13(14)10-16/h2-3,6-7H,4-5,8-9,11-12H2,1H3. The number of hydrogen-bond donors (Lipinski definition) is 0. The predicted molar refractivity (Wildman–Crippen MR) is 73.3 cm³/mol. The Morgan fingerprint density at radius 2 is 2.05 bits per heavy atom. The summed E-state index contributed by atoms with van der Waals surface area (Å²) in [6.07, 6.45) is 2.24. The first-order valence-electron chi connectivity index (χ1n) is 6.65. The number of hydrogen-bond acceptors (Lipinski definition) is 3. The lowest BCUT2D eigenvalue weighted by Gasteiger charge is -2.21. The van der Waals surface area contributed by atoms with Crippen LogP contribution in [0.4, 0.5) is 0 Å². The van der Waals surface area contributed by atoms with Gasteiger partial charge in [-0.25, -0.2) is 0 Å². The molecule has 1 amide bonds. The average molecular weight is 257 g/mol. The van der Waals surface area contributed by atoms with Gasteiger partial charge < -0.3 is 4.90 Å². The summed E-state index contributed by atoms with van der Waals surface area (Å²) in [5.41, 5.74) is 1.66. The van der Waals surface area contributed by atoms with Crippen molar-refractivity contribution in [3.63, 3.8) is 0 Å². The van der Waals surface area contributed by atoms with Crippen molar-refractivity contribution in [2.24, 2.45) is 0 Å². The number of nitriles is 1. The topological polar surface area (TPSA) is 47.3 Å². The Morgan fingerprint density at radius 3 is 2.74 bits per heavy atom. The highest BCUT2D eigenvalue weighted by Gasteiger charge is 2.19. The molecule has 1 aliphatic heterocycles. The fourth-order valence-corrected chi connectivity index (χ4v) is 2.41. The summed E-state index contributed by atoms with van der Waals surface area (Å²) >= 11 is 0. The molecule has 2 rings (SSSR count). The molecule has 1 saturated heterocycles. The zero-order valence-electron chi connectivity index (χ0n) is 11.3. The lowest BCUT2D eigenvalue weighted by molar-refractivity contribution is -0.131. The highest BCUT2D eigenvalue weighted by molar-refractivity contribution is 5.78. The molecule has 19 heavy (non-hydrogen) atoms. The number of amides is 1. The summed E-state index contributed by atoms with van der Waals surface area (Å²) in [6, 6.07) is 9.72. The Bertz CT molecular complexity index is 486. The summed E-state index contributed by atoms with van der Waals surface area (Å²) in [6.45, 7) is 2.83. The second-order valence-electron chi connectivity index (χ2n) is 5.03. The van der Waals surface area contributed by atoms with Crippen molar-refractivity contribution in [2.75, 3.05) is 26.7 Å². The van der Waals surface area contributed by atoms with Crippen LogP contribution in [0.2, 0.25) is 0 Å². The smallest absolute Gasteiger partial charge is 0.236 e. The number of nitrogens with zero attached hydrogens (tertiary/aromatic N) is 3. The summed E-state index contributed by atoms with van der Waals surface area (Å²) in [4.78, 5) is 15.9. The highest BCUT2D eigenvalue weighted by Crippen LogP contribution is 2.11. The van der Waals surface area contributed by atoms with Crippen LogP contribution < -0.4 is 0 Å². The second-order valence-corrected chi connectivity index (χ2v) is 5.03. The predicted octanol–water partition coefficient (Wildman–Crippen LogP) is 1.61. The van der Waals surface area contributed by atoms with Crippen LogP contribution in [-0.4, -0.2) is 42.4 Å². The number of likely N-dealkylation sites (N-methyl/N-ethyl adjacent to an activating group) is 1. The number of carbonyl (C=O) groups is 1. The van der Waals surface area contributed by atoms with Gasteiger partial charge >= 0.3 is 0 Å². The van der Waals surface area contributed by atoms with Crippen molar-refractivity contribution in [1.82, 2.24) is 9.80 Å². The molecule has 0 N–H and O–H groups in total. The van der Waals surface area contributed by atoms with Gasteiger partial charge in [0.25, 0.3) is 0 Å². The van der Waals surface area contributed by atoms with E-state index in [4.69, 9.17) is 5.26 Å².